The van der Waals surface area contributed by atoms with Crippen molar-refractivity contribution < 1.29 is 9.53 Å². The monoisotopic (exact) mass is 322 g/mol. The first kappa shape index (κ1) is 15.6. The molecule has 0 bridgehead atoms. The van der Waals surface area contributed by atoms with Crippen molar-refractivity contribution in [2.45, 2.75) is 6.92 Å². The summed E-state index contributed by atoms with van der Waals surface area (Å²) in [5, 5.41) is 10.6. The summed E-state index contributed by atoms with van der Waals surface area (Å²) in [4.78, 5) is 12.1. The number of para-hydroxylation sites is 2. The molecular weight excluding hydrogens is 304 g/mol. The third-order valence-corrected chi connectivity index (χ3v) is 3.24. The van der Waals surface area contributed by atoms with E-state index in [1.54, 1.807) is 13.0 Å². The molecule has 6 nitrogen and oxygen atoms in total. The van der Waals surface area contributed by atoms with Gasteiger partial charge in [-0.25, -0.2) is 4.79 Å². The first-order valence-corrected chi connectivity index (χ1v) is 7.67. The van der Waals surface area contributed by atoms with Crippen LogP contribution < -0.4 is 10.6 Å². The predicted molar refractivity (Wildman–Crippen MR) is 94.1 cm³/mol. The molecule has 3 rings (SSSR count). The highest BCUT2D eigenvalue weighted by Gasteiger charge is 2.15. The summed E-state index contributed by atoms with van der Waals surface area (Å²) in [6, 6.07) is 21.0. The van der Waals surface area contributed by atoms with E-state index in [0.29, 0.717) is 11.6 Å². The van der Waals surface area contributed by atoms with E-state index in [-0.39, 0.29) is 6.61 Å². The zero-order chi connectivity index (χ0) is 16.8. The molecule has 3 aromatic rings. The first-order valence-electron chi connectivity index (χ1n) is 7.67. The second kappa shape index (κ2) is 7.32. The summed E-state index contributed by atoms with van der Waals surface area (Å²) in [5.74, 6) is 1.07. The number of nitrogens with zero attached hydrogens (tertiary/aromatic N) is 2. The molecule has 0 aliphatic carbocycles. The van der Waals surface area contributed by atoms with Gasteiger partial charge in [0.05, 0.1) is 6.61 Å². The molecule has 0 unspecified atom stereocenters. The fraction of sp³-hybridized carbons (Fsp3) is 0.111. The smallest absolute Gasteiger partial charge is 0.436 e. The maximum Gasteiger partial charge on any atom is 0.436 e. The molecular formula is C18H18N4O2. The fourth-order valence-electron chi connectivity index (χ4n) is 2.19. The Labute approximate surface area is 140 Å². The maximum atomic E-state index is 12.1. The number of nitrogens with one attached hydrogen (secondary N) is 2. The second-order valence-electron chi connectivity index (χ2n) is 5.01. The van der Waals surface area contributed by atoms with Gasteiger partial charge in [-0.1, -0.05) is 36.4 Å². The number of carbonyl (C=O) groups excluding carboxylic acids is 1. The molecule has 2 aromatic carbocycles. The molecule has 0 saturated heterocycles. The largest absolute Gasteiger partial charge is 0.448 e. The Morgan fingerprint density at radius 2 is 1.58 bits per heavy atom. The number of anilines is 4. The van der Waals surface area contributed by atoms with Crippen molar-refractivity contribution in [3.8, 4) is 0 Å². The zero-order valence-electron chi connectivity index (χ0n) is 13.3. The van der Waals surface area contributed by atoms with Crippen molar-refractivity contribution in [3.63, 3.8) is 0 Å². The summed E-state index contributed by atoms with van der Waals surface area (Å²) in [7, 11) is 0. The van der Waals surface area contributed by atoms with E-state index in [1.165, 1.54) is 4.68 Å². The molecule has 0 aliphatic rings. The molecule has 0 spiro atoms. The molecule has 24 heavy (non-hydrogen) atoms. The Hall–Kier alpha value is -3.28. The Morgan fingerprint density at radius 1 is 1.00 bits per heavy atom. The third-order valence-electron chi connectivity index (χ3n) is 3.24. The number of aromatic nitrogens is 2. The molecule has 0 amide bonds. The standard InChI is InChI=1S/C18H18N4O2/c1-2-24-18(23)22-17(20-15-11-7-4-8-12-15)13-16(21-22)19-14-9-5-3-6-10-14/h3-13,20H,2H2,1H3,(H,19,21). The third kappa shape index (κ3) is 3.73. The number of carbonyl (C=O) groups is 1. The van der Waals surface area contributed by atoms with Gasteiger partial charge < -0.3 is 15.4 Å². The average molecular weight is 322 g/mol. The number of rotatable bonds is 5. The van der Waals surface area contributed by atoms with Crippen LogP contribution in [0.5, 0.6) is 0 Å². The van der Waals surface area contributed by atoms with Crippen LogP contribution in [0.25, 0.3) is 0 Å². The highest BCUT2D eigenvalue weighted by atomic mass is 16.6. The second-order valence-corrected chi connectivity index (χ2v) is 5.01. The van der Waals surface area contributed by atoms with Gasteiger partial charge in [-0.15, -0.1) is 9.78 Å². The lowest BCUT2D eigenvalue weighted by molar-refractivity contribution is 0.151. The number of benzene rings is 2. The van der Waals surface area contributed by atoms with Gasteiger partial charge in [0.1, 0.15) is 5.82 Å². The quantitative estimate of drug-likeness (QED) is 0.730. The molecule has 122 valence electrons. The molecule has 1 aromatic heterocycles. The topological polar surface area (TPSA) is 68.2 Å². The SMILES string of the molecule is CCOC(=O)n1nc(Nc2ccccc2)cc1Nc1ccccc1. The number of ether oxygens (including phenoxy) is 1. The molecule has 0 aliphatic heterocycles. The van der Waals surface area contributed by atoms with Crippen molar-refractivity contribution in [3.05, 3.63) is 66.7 Å². The average Bonchev–Trinajstić information content (AvgIpc) is 2.99. The van der Waals surface area contributed by atoms with Crippen LogP contribution in [0.3, 0.4) is 0 Å². The van der Waals surface area contributed by atoms with Crippen LogP contribution in [0.4, 0.5) is 27.8 Å². The Morgan fingerprint density at radius 3 is 2.17 bits per heavy atom. The summed E-state index contributed by atoms with van der Waals surface area (Å²) in [5.41, 5.74) is 1.74. The Kier molecular flexibility index (Phi) is 4.76. The first-order chi connectivity index (χ1) is 11.8. The number of hydrogen-bond acceptors (Lipinski definition) is 5. The van der Waals surface area contributed by atoms with Crippen LogP contribution >= 0.6 is 0 Å². The minimum absolute atomic E-state index is 0.283. The van der Waals surface area contributed by atoms with Gasteiger partial charge in [0.15, 0.2) is 5.82 Å². The van der Waals surface area contributed by atoms with Gasteiger partial charge in [-0.05, 0) is 31.2 Å². The molecule has 2 N–H and O–H groups in total. The summed E-state index contributed by atoms with van der Waals surface area (Å²) in [6.45, 7) is 2.04. The van der Waals surface area contributed by atoms with E-state index in [0.717, 1.165) is 11.4 Å². The van der Waals surface area contributed by atoms with Gasteiger partial charge >= 0.3 is 6.09 Å². The van der Waals surface area contributed by atoms with Crippen molar-refractivity contribution in [1.29, 1.82) is 0 Å². The summed E-state index contributed by atoms with van der Waals surface area (Å²) in [6.07, 6.45) is -0.531. The van der Waals surface area contributed by atoms with E-state index in [2.05, 4.69) is 15.7 Å². The molecule has 1 heterocycles. The highest BCUT2D eigenvalue weighted by molar-refractivity contribution is 5.78. The van der Waals surface area contributed by atoms with E-state index in [9.17, 15) is 4.79 Å². The summed E-state index contributed by atoms with van der Waals surface area (Å²) >= 11 is 0. The van der Waals surface area contributed by atoms with E-state index >= 15 is 0 Å². The van der Waals surface area contributed by atoms with Crippen LogP contribution in [-0.2, 0) is 4.74 Å². The van der Waals surface area contributed by atoms with E-state index in [1.807, 2.05) is 60.7 Å². The van der Waals surface area contributed by atoms with Crippen LogP contribution in [-0.4, -0.2) is 22.5 Å². The van der Waals surface area contributed by atoms with Gasteiger partial charge in [-0.3, -0.25) is 0 Å². The van der Waals surface area contributed by atoms with Crippen LogP contribution in [0, 0.1) is 0 Å². The Bertz CT molecular complexity index is 800. The fourth-order valence-corrected chi connectivity index (χ4v) is 2.19. The Balaban J connectivity index is 1.88. The van der Waals surface area contributed by atoms with E-state index in [4.69, 9.17) is 4.74 Å². The van der Waals surface area contributed by atoms with E-state index < -0.39 is 6.09 Å². The van der Waals surface area contributed by atoms with Crippen LogP contribution in [0.1, 0.15) is 6.92 Å². The minimum atomic E-state index is -0.531. The molecule has 0 fully saturated rings. The zero-order valence-corrected chi connectivity index (χ0v) is 13.3. The van der Waals surface area contributed by atoms with Crippen molar-refractivity contribution in [1.82, 2.24) is 9.78 Å². The van der Waals surface area contributed by atoms with Crippen LogP contribution in [0.2, 0.25) is 0 Å². The molecule has 0 radical (unpaired) electrons. The molecule has 0 saturated carbocycles. The highest BCUT2D eigenvalue weighted by Crippen LogP contribution is 2.23. The minimum Gasteiger partial charge on any atom is -0.448 e. The predicted octanol–water partition coefficient (Wildman–Crippen LogP) is 4.37. The normalized spacial score (nSPS) is 10.2. The van der Waals surface area contributed by atoms with Gasteiger partial charge in [0.25, 0.3) is 0 Å². The van der Waals surface area contributed by atoms with Gasteiger partial charge in [0, 0.05) is 17.4 Å². The van der Waals surface area contributed by atoms with Crippen LogP contribution in [0.15, 0.2) is 66.7 Å². The lowest BCUT2D eigenvalue weighted by Gasteiger charge is -2.08. The van der Waals surface area contributed by atoms with Crippen molar-refractivity contribution >= 4 is 29.1 Å². The molecule has 6 heteroatoms. The van der Waals surface area contributed by atoms with Gasteiger partial charge in [0.2, 0.25) is 0 Å². The summed E-state index contributed by atoms with van der Waals surface area (Å²) < 4.78 is 6.27. The molecule has 0 atom stereocenters. The number of hydrogen-bond donors (Lipinski definition) is 2. The lowest BCUT2D eigenvalue weighted by atomic mass is 10.3. The van der Waals surface area contributed by atoms with Gasteiger partial charge in [-0.2, -0.15) is 0 Å². The van der Waals surface area contributed by atoms with Crippen molar-refractivity contribution in [2.75, 3.05) is 17.2 Å². The maximum absolute atomic E-state index is 12.1. The lowest BCUT2D eigenvalue weighted by Crippen LogP contribution is -2.17. The van der Waals surface area contributed by atoms with Crippen molar-refractivity contribution in [2.24, 2.45) is 0 Å².